The van der Waals surface area contributed by atoms with Crippen molar-refractivity contribution in [2.75, 3.05) is 5.32 Å². The molecule has 1 aliphatic rings. The monoisotopic (exact) mass is 452 g/mol. The van der Waals surface area contributed by atoms with Gasteiger partial charge in [-0.15, -0.1) is 0 Å². The summed E-state index contributed by atoms with van der Waals surface area (Å²) in [6.07, 6.45) is 4.61. The van der Waals surface area contributed by atoms with Crippen LogP contribution in [0.25, 0.3) is 11.8 Å². The van der Waals surface area contributed by atoms with E-state index in [0.29, 0.717) is 16.9 Å². The Morgan fingerprint density at radius 1 is 1.06 bits per heavy atom. The maximum absolute atomic E-state index is 12.9. The average Bonchev–Trinajstić information content (AvgIpc) is 3.56. The van der Waals surface area contributed by atoms with Crippen LogP contribution in [0.15, 0.2) is 70.4 Å². The molecule has 8 nitrogen and oxygen atoms in total. The van der Waals surface area contributed by atoms with E-state index in [1.54, 1.807) is 36.9 Å². The third-order valence-electron chi connectivity index (χ3n) is 5.32. The highest BCUT2D eigenvalue weighted by molar-refractivity contribution is 7.89. The fraction of sp³-hybridized carbons (Fsp3) is 0.217. The summed E-state index contributed by atoms with van der Waals surface area (Å²) in [5, 5.41) is 2.66. The van der Waals surface area contributed by atoms with Gasteiger partial charge in [0, 0.05) is 19.2 Å². The molecule has 2 N–H and O–H groups in total. The molecule has 1 amide bonds. The Morgan fingerprint density at radius 2 is 1.72 bits per heavy atom. The first-order valence-electron chi connectivity index (χ1n) is 10.2. The van der Waals surface area contributed by atoms with Crippen LogP contribution in [-0.4, -0.2) is 29.7 Å². The lowest BCUT2D eigenvalue weighted by molar-refractivity contribution is -0.111. The zero-order valence-corrected chi connectivity index (χ0v) is 18.6. The van der Waals surface area contributed by atoms with Gasteiger partial charge in [-0.3, -0.25) is 14.3 Å². The minimum absolute atomic E-state index is 0.0381. The number of aromatic nitrogens is 2. The average molecular weight is 453 g/mol. The number of amides is 1. The van der Waals surface area contributed by atoms with Gasteiger partial charge in [0.05, 0.1) is 16.3 Å². The largest absolute Gasteiger partial charge is 0.316 e. The predicted octanol–water partition coefficient (Wildman–Crippen LogP) is 2.58. The Morgan fingerprint density at radius 3 is 2.34 bits per heavy atom. The van der Waals surface area contributed by atoms with Crippen molar-refractivity contribution in [2.24, 2.45) is 7.05 Å². The number of carbonyl (C=O) groups is 1. The van der Waals surface area contributed by atoms with Gasteiger partial charge in [0.2, 0.25) is 15.9 Å². The zero-order valence-electron chi connectivity index (χ0n) is 17.8. The molecule has 4 rings (SSSR count). The van der Waals surface area contributed by atoms with Crippen molar-refractivity contribution in [1.29, 1.82) is 0 Å². The fourth-order valence-corrected chi connectivity index (χ4v) is 4.60. The van der Waals surface area contributed by atoms with E-state index in [2.05, 4.69) is 10.0 Å². The molecule has 1 fully saturated rings. The number of nitrogens with zero attached hydrogens (tertiary/aromatic N) is 2. The molecule has 32 heavy (non-hydrogen) atoms. The van der Waals surface area contributed by atoms with Crippen molar-refractivity contribution in [3.63, 3.8) is 0 Å². The zero-order chi connectivity index (χ0) is 22.9. The van der Waals surface area contributed by atoms with E-state index >= 15 is 0 Å². The van der Waals surface area contributed by atoms with Gasteiger partial charge < -0.3 is 5.32 Å². The van der Waals surface area contributed by atoms with E-state index in [1.165, 1.54) is 22.9 Å². The summed E-state index contributed by atoms with van der Waals surface area (Å²) in [6.45, 7) is 1.76. The lowest BCUT2D eigenvalue weighted by Gasteiger charge is -2.07. The molecule has 1 aliphatic carbocycles. The van der Waals surface area contributed by atoms with Crippen molar-refractivity contribution in [2.45, 2.75) is 30.7 Å². The number of anilines is 1. The van der Waals surface area contributed by atoms with Crippen LogP contribution in [0, 0.1) is 6.92 Å². The van der Waals surface area contributed by atoms with Gasteiger partial charge in [-0.05, 0) is 55.7 Å². The molecule has 0 aliphatic heterocycles. The standard InChI is InChI=1S/C23H24N4O4S/c1-16-22(23(29)27(26(16)2)19-6-4-3-5-7-19)24-21(28)15-10-17-8-13-20(14-9-17)32(30,31)25-18-11-12-18/h3-10,13-15,18,25H,11-12H2,1-2H3,(H,24,28)/b15-10+. The number of para-hydroxylation sites is 1. The van der Waals surface area contributed by atoms with Crippen molar-refractivity contribution in [3.8, 4) is 5.69 Å². The number of nitrogens with one attached hydrogen (secondary N) is 2. The van der Waals surface area contributed by atoms with Crippen LogP contribution in [0.1, 0.15) is 24.1 Å². The van der Waals surface area contributed by atoms with E-state index in [4.69, 9.17) is 0 Å². The number of hydrogen-bond donors (Lipinski definition) is 2. The third-order valence-corrected chi connectivity index (χ3v) is 6.86. The molecule has 0 unspecified atom stereocenters. The first-order valence-corrected chi connectivity index (χ1v) is 11.7. The molecule has 0 spiro atoms. The van der Waals surface area contributed by atoms with Crippen LogP contribution in [-0.2, 0) is 21.9 Å². The van der Waals surface area contributed by atoms with E-state index in [-0.39, 0.29) is 22.2 Å². The number of benzene rings is 2. The fourth-order valence-electron chi connectivity index (χ4n) is 3.30. The van der Waals surface area contributed by atoms with Crippen LogP contribution in [0.3, 0.4) is 0 Å². The van der Waals surface area contributed by atoms with Gasteiger partial charge in [0.15, 0.2) is 0 Å². The highest BCUT2D eigenvalue weighted by Crippen LogP contribution is 2.22. The molecular weight excluding hydrogens is 428 g/mol. The second-order valence-electron chi connectivity index (χ2n) is 7.72. The molecule has 0 bridgehead atoms. The first-order chi connectivity index (χ1) is 15.3. The number of rotatable bonds is 7. The Hall–Kier alpha value is -3.43. The highest BCUT2D eigenvalue weighted by Gasteiger charge is 2.27. The highest BCUT2D eigenvalue weighted by atomic mass is 32.2. The second-order valence-corrected chi connectivity index (χ2v) is 9.44. The van der Waals surface area contributed by atoms with Crippen molar-refractivity contribution in [3.05, 3.63) is 82.3 Å². The van der Waals surface area contributed by atoms with Gasteiger partial charge in [0.25, 0.3) is 5.56 Å². The second kappa shape index (κ2) is 8.60. The molecule has 2 aromatic carbocycles. The molecule has 0 radical (unpaired) electrons. The molecular formula is C23H24N4O4S. The Kier molecular flexibility index (Phi) is 5.86. The first kappa shape index (κ1) is 21.8. The molecule has 166 valence electrons. The van der Waals surface area contributed by atoms with Crippen molar-refractivity contribution in [1.82, 2.24) is 14.1 Å². The van der Waals surface area contributed by atoms with Gasteiger partial charge >= 0.3 is 0 Å². The van der Waals surface area contributed by atoms with Crippen molar-refractivity contribution < 1.29 is 13.2 Å². The Bertz CT molecular complexity index is 1330. The smallest absolute Gasteiger partial charge is 0.295 e. The topological polar surface area (TPSA) is 102 Å². The van der Waals surface area contributed by atoms with Gasteiger partial charge in [-0.1, -0.05) is 30.3 Å². The molecule has 1 aromatic heterocycles. The van der Waals surface area contributed by atoms with E-state index < -0.39 is 15.9 Å². The van der Waals surface area contributed by atoms with Crippen LogP contribution in [0.2, 0.25) is 0 Å². The van der Waals surface area contributed by atoms with E-state index in [0.717, 1.165) is 12.8 Å². The lowest BCUT2D eigenvalue weighted by Crippen LogP contribution is -2.25. The van der Waals surface area contributed by atoms with Crippen LogP contribution in [0.5, 0.6) is 0 Å². The number of hydrogen-bond acceptors (Lipinski definition) is 4. The normalized spacial score (nSPS) is 14.1. The minimum atomic E-state index is -3.51. The minimum Gasteiger partial charge on any atom is -0.316 e. The molecule has 1 saturated carbocycles. The molecule has 3 aromatic rings. The summed E-state index contributed by atoms with van der Waals surface area (Å²) in [5.74, 6) is -0.455. The summed E-state index contributed by atoms with van der Waals surface area (Å²) in [4.78, 5) is 25.5. The van der Waals surface area contributed by atoms with Gasteiger partial charge in [0.1, 0.15) is 5.69 Å². The van der Waals surface area contributed by atoms with Gasteiger partial charge in [-0.25, -0.2) is 17.8 Å². The molecule has 0 saturated heterocycles. The summed E-state index contributed by atoms with van der Waals surface area (Å²) in [6, 6.07) is 15.5. The molecule has 1 heterocycles. The number of sulfonamides is 1. The molecule has 9 heteroatoms. The lowest BCUT2D eigenvalue weighted by atomic mass is 10.2. The van der Waals surface area contributed by atoms with Gasteiger partial charge in [-0.2, -0.15) is 0 Å². The Labute approximate surface area is 186 Å². The quantitative estimate of drug-likeness (QED) is 0.538. The maximum Gasteiger partial charge on any atom is 0.295 e. The van der Waals surface area contributed by atoms with Crippen molar-refractivity contribution >= 4 is 27.7 Å². The van der Waals surface area contributed by atoms with Crippen LogP contribution >= 0.6 is 0 Å². The SMILES string of the molecule is Cc1c(NC(=O)/C=C/c2ccc(S(=O)(=O)NC3CC3)cc2)c(=O)n(-c2ccccc2)n1C. The summed E-state index contributed by atoms with van der Waals surface area (Å²) in [7, 11) is -1.76. The molecule has 0 atom stereocenters. The Balaban J connectivity index is 1.48. The summed E-state index contributed by atoms with van der Waals surface area (Å²) >= 11 is 0. The van der Waals surface area contributed by atoms with E-state index in [1.807, 2.05) is 30.3 Å². The maximum atomic E-state index is 12.9. The third kappa shape index (κ3) is 4.58. The van der Waals surface area contributed by atoms with E-state index in [9.17, 15) is 18.0 Å². The predicted molar refractivity (Wildman–Crippen MR) is 123 cm³/mol. The van der Waals surface area contributed by atoms with Crippen LogP contribution < -0.4 is 15.6 Å². The summed E-state index contributed by atoms with van der Waals surface area (Å²) < 4.78 is 30.3. The summed E-state index contributed by atoms with van der Waals surface area (Å²) in [5.41, 5.74) is 1.87. The number of carbonyl (C=O) groups excluding carboxylic acids is 1. The van der Waals surface area contributed by atoms with Crippen LogP contribution in [0.4, 0.5) is 5.69 Å².